The number of hydrogen-bond acceptors (Lipinski definition) is 6. The molecule has 0 amide bonds. The largest absolute Gasteiger partial charge is 0.424 e. The van der Waals surface area contributed by atoms with Crippen LogP contribution in [0.2, 0.25) is 5.02 Å². The standard InChI is InChI=1S/C20H22ClN5O/c1-4-17-18(21)19(26-14(3)25-17)22-10-9-15-5-7-16(8-6-15)27-20-23-11-13(2)12-24-20/h5-8,11-12H,4,9-10H2,1-3H3,(H,22,25,26). The van der Waals surface area contributed by atoms with Crippen molar-refractivity contribution in [1.82, 2.24) is 19.9 Å². The number of hydrogen-bond donors (Lipinski definition) is 1. The lowest BCUT2D eigenvalue weighted by atomic mass is 10.1. The summed E-state index contributed by atoms with van der Waals surface area (Å²) in [5.74, 6) is 2.12. The van der Waals surface area contributed by atoms with Crippen molar-refractivity contribution in [3.8, 4) is 11.8 Å². The second-order valence-corrected chi connectivity index (χ2v) is 6.58. The van der Waals surface area contributed by atoms with Crippen LogP contribution in [-0.4, -0.2) is 26.5 Å². The van der Waals surface area contributed by atoms with Gasteiger partial charge in [-0.3, -0.25) is 0 Å². The van der Waals surface area contributed by atoms with Gasteiger partial charge in [0, 0.05) is 18.9 Å². The SMILES string of the molecule is CCc1nc(C)nc(NCCc2ccc(Oc3ncc(C)cn3)cc2)c1Cl. The third kappa shape index (κ3) is 5.14. The number of ether oxygens (including phenoxy) is 1. The van der Waals surface area contributed by atoms with Crippen LogP contribution in [-0.2, 0) is 12.8 Å². The molecule has 2 aromatic heterocycles. The summed E-state index contributed by atoms with van der Waals surface area (Å²) in [6.45, 7) is 6.56. The van der Waals surface area contributed by atoms with E-state index in [-0.39, 0.29) is 0 Å². The van der Waals surface area contributed by atoms with Crippen LogP contribution in [0, 0.1) is 13.8 Å². The molecule has 1 N–H and O–H groups in total. The van der Waals surface area contributed by atoms with Gasteiger partial charge in [0.1, 0.15) is 22.4 Å². The molecule has 0 bridgehead atoms. The van der Waals surface area contributed by atoms with Crippen LogP contribution in [0.5, 0.6) is 11.8 Å². The fourth-order valence-corrected chi connectivity index (χ4v) is 2.84. The van der Waals surface area contributed by atoms with E-state index < -0.39 is 0 Å². The third-order valence-electron chi connectivity index (χ3n) is 3.96. The summed E-state index contributed by atoms with van der Waals surface area (Å²) in [5, 5.41) is 3.90. The number of benzene rings is 1. The monoisotopic (exact) mass is 383 g/mol. The number of aryl methyl sites for hydroxylation is 3. The van der Waals surface area contributed by atoms with Crippen molar-refractivity contribution in [2.75, 3.05) is 11.9 Å². The van der Waals surface area contributed by atoms with E-state index in [1.807, 2.05) is 45.0 Å². The van der Waals surface area contributed by atoms with Crippen LogP contribution in [0.1, 0.15) is 29.6 Å². The van der Waals surface area contributed by atoms with Gasteiger partial charge in [-0.1, -0.05) is 30.7 Å². The van der Waals surface area contributed by atoms with Crippen molar-refractivity contribution in [1.29, 1.82) is 0 Å². The highest BCUT2D eigenvalue weighted by molar-refractivity contribution is 6.33. The smallest absolute Gasteiger partial charge is 0.321 e. The lowest BCUT2D eigenvalue weighted by Crippen LogP contribution is -2.09. The molecule has 0 radical (unpaired) electrons. The van der Waals surface area contributed by atoms with E-state index in [2.05, 4.69) is 25.3 Å². The summed E-state index contributed by atoms with van der Waals surface area (Å²) in [7, 11) is 0. The van der Waals surface area contributed by atoms with Crippen LogP contribution in [0.3, 0.4) is 0 Å². The summed E-state index contributed by atoms with van der Waals surface area (Å²) in [6, 6.07) is 8.21. The van der Waals surface area contributed by atoms with Crippen LogP contribution < -0.4 is 10.1 Å². The molecule has 7 heteroatoms. The van der Waals surface area contributed by atoms with Crippen molar-refractivity contribution in [2.24, 2.45) is 0 Å². The lowest BCUT2D eigenvalue weighted by molar-refractivity contribution is 0.441. The van der Waals surface area contributed by atoms with Gasteiger partial charge in [0.25, 0.3) is 0 Å². The van der Waals surface area contributed by atoms with E-state index in [0.717, 1.165) is 36.5 Å². The van der Waals surface area contributed by atoms with E-state index in [4.69, 9.17) is 16.3 Å². The van der Waals surface area contributed by atoms with Crippen LogP contribution in [0.4, 0.5) is 5.82 Å². The third-order valence-corrected chi connectivity index (χ3v) is 4.36. The van der Waals surface area contributed by atoms with Gasteiger partial charge in [0.05, 0.1) is 5.69 Å². The molecule has 3 rings (SSSR count). The Hall–Kier alpha value is -2.73. The Bertz CT molecular complexity index is 897. The molecule has 0 saturated heterocycles. The average Bonchev–Trinajstić information content (AvgIpc) is 2.67. The fourth-order valence-electron chi connectivity index (χ4n) is 2.56. The highest BCUT2D eigenvalue weighted by Gasteiger charge is 2.09. The zero-order valence-electron chi connectivity index (χ0n) is 15.7. The second-order valence-electron chi connectivity index (χ2n) is 6.20. The quantitative estimate of drug-likeness (QED) is 0.645. The average molecular weight is 384 g/mol. The molecule has 0 saturated carbocycles. The first kappa shape index (κ1) is 19.0. The Kier molecular flexibility index (Phi) is 6.19. The van der Waals surface area contributed by atoms with E-state index in [1.165, 1.54) is 5.56 Å². The highest BCUT2D eigenvalue weighted by atomic mass is 35.5. The Labute approximate surface area is 164 Å². The first-order valence-electron chi connectivity index (χ1n) is 8.87. The summed E-state index contributed by atoms with van der Waals surface area (Å²) in [4.78, 5) is 17.0. The van der Waals surface area contributed by atoms with Gasteiger partial charge < -0.3 is 10.1 Å². The molecule has 3 aromatic rings. The molecule has 0 aliphatic heterocycles. The highest BCUT2D eigenvalue weighted by Crippen LogP contribution is 2.23. The number of nitrogens with zero attached hydrogens (tertiary/aromatic N) is 4. The van der Waals surface area contributed by atoms with Crippen LogP contribution >= 0.6 is 11.6 Å². The molecule has 0 aliphatic carbocycles. The number of rotatable bonds is 7. The molecule has 0 atom stereocenters. The predicted molar refractivity (Wildman–Crippen MR) is 107 cm³/mol. The normalized spacial score (nSPS) is 10.7. The van der Waals surface area contributed by atoms with Gasteiger partial charge in [0.2, 0.25) is 0 Å². The minimum absolute atomic E-state index is 0.343. The Morgan fingerprint density at radius 3 is 2.41 bits per heavy atom. The van der Waals surface area contributed by atoms with E-state index in [9.17, 15) is 0 Å². The molecule has 0 spiro atoms. The van der Waals surface area contributed by atoms with Crippen LogP contribution in [0.15, 0.2) is 36.7 Å². The molecular formula is C20H22ClN5O. The Morgan fingerprint density at radius 1 is 1.04 bits per heavy atom. The number of anilines is 1. The van der Waals surface area contributed by atoms with Gasteiger partial charge in [-0.25, -0.2) is 19.9 Å². The molecule has 27 heavy (non-hydrogen) atoms. The molecule has 2 heterocycles. The maximum Gasteiger partial charge on any atom is 0.321 e. The molecular weight excluding hydrogens is 362 g/mol. The van der Waals surface area contributed by atoms with Crippen molar-refractivity contribution >= 4 is 17.4 Å². The summed E-state index contributed by atoms with van der Waals surface area (Å²) >= 11 is 6.35. The summed E-state index contributed by atoms with van der Waals surface area (Å²) in [5.41, 5.74) is 3.04. The van der Waals surface area contributed by atoms with Crippen molar-refractivity contribution in [2.45, 2.75) is 33.6 Å². The number of halogens is 1. The molecule has 6 nitrogen and oxygen atoms in total. The topological polar surface area (TPSA) is 72.8 Å². The predicted octanol–water partition coefficient (Wildman–Crippen LogP) is 4.55. The second kappa shape index (κ2) is 8.77. The van der Waals surface area contributed by atoms with Gasteiger partial charge in [-0.05, 0) is 49.9 Å². The zero-order valence-corrected chi connectivity index (χ0v) is 16.4. The molecule has 140 valence electrons. The maximum absolute atomic E-state index is 6.35. The zero-order chi connectivity index (χ0) is 19.2. The summed E-state index contributed by atoms with van der Waals surface area (Å²) in [6.07, 6.45) is 5.07. The van der Waals surface area contributed by atoms with Crippen LogP contribution in [0.25, 0.3) is 0 Å². The van der Waals surface area contributed by atoms with Crippen molar-refractivity contribution in [3.05, 3.63) is 64.3 Å². The Balaban J connectivity index is 1.56. The van der Waals surface area contributed by atoms with Gasteiger partial charge >= 0.3 is 6.01 Å². The maximum atomic E-state index is 6.35. The fraction of sp³-hybridized carbons (Fsp3) is 0.300. The summed E-state index contributed by atoms with van der Waals surface area (Å²) < 4.78 is 5.64. The molecule has 0 unspecified atom stereocenters. The Morgan fingerprint density at radius 2 is 1.74 bits per heavy atom. The lowest BCUT2D eigenvalue weighted by Gasteiger charge is -2.11. The van der Waals surface area contributed by atoms with Gasteiger partial charge in [0.15, 0.2) is 0 Å². The number of aromatic nitrogens is 4. The van der Waals surface area contributed by atoms with E-state index in [1.54, 1.807) is 12.4 Å². The van der Waals surface area contributed by atoms with E-state index in [0.29, 0.717) is 22.6 Å². The molecule has 1 aromatic carbocycles. The van der Waals surface area contributed by atoms with Crippen molar-refractivity contribution < 1.29 is 4.74 Å². The van der Waals surface area contributed by atoms with E-state index >= 15 is 0 Å². The minimum atomic E-state index is 0.343. The minimum Gasteiger partial charge on any atom is -0.424 e. The number of nitrogens with one attached hydrogen (secondary N) is 1. The molecule has 0 fully saturated rings. The molecule has 0 aliphatic rings. The van der Waals surface area contributed by atoms with Crippen molar-refractivity contribution in [3.63, 3.8) is 0 Å². The van der Waals surface area contributed by atoms with Gasteiger partial charge in [-0.2, -0.15) is 0 Å². The van der Waals surface area contributed by atoms with Gasteiger partial charge in [-0.15, -0.1) is 0 Å². The first-order chi connectivity index (χ1) is 13.0. The first-order valence-corrected chi connectivity index (χ1v) is 9.25.